The van der Waals surface area contributed by atoms with Crippen LogP contribution >= 0.6 is 0 Å². The van der Waals surface area contributed by atoms with Crippen molar-refractivity contribution in [3.8, 4) is 11.3 Å². The van der Waals surface area contributed by atoms with Crippen molar-refractivity contribution in [1.29, 1.82) is 0 Å². The first-order valence-corrected chi connectivity index (χ1v) is 11.5. The number of aromatic amines is 1. The summed E-state index contributed by atoms with van der Waals surface area (Å²) in [6, 6.07) is 6.03. The van der Waals surface area contributed by atoms with E-state index in [2.05, 4.69) is 21.3 Å². The molecule has 5 heterocycles. The summed E-state index contributed by atoms with van der Waals surface area (Å²) in [6.07, 6.45) is 12.0. The quantitative estimate of drug-likeness (QED) is 0.529. The molecule has 8 heteroatoms. The molecule has 32 heavy (non-hydrogen) atoms. The highest BCUT2D eigenvalue weighted by molar-refractivity contribution is 5.83. The molecule has 0 aromatic carbocycles. The Kier molecular flexibility index (Phi) is 4.87. The van der Waals surface area contributed by atoms with Crippen molar-refractivity contribution in [2.75, 3.05) is 13.2 Å². The average molecular weight is 431 g/mol. The number of nitrogens with zero attached hydrogens (tertiary/aromatic N) is 5. The largest absolute Gasteiger partial charge is 0.381 e. The molecule has 4 aromatic heterocycles. The van der Waals surface area contributed by atoms with Crippen molar-refractivity contribution in [2.45, 2.75) is 45.1 Å². The topological polar surface area (TPSA) is 90.6 Å². The van der Waals surface area contributed by atoms with Gasteiger partial charge in [0, 0.05) is 48.8 Å². The summed E-state index contributed by atoms with van der Waals surface area (Å²) < 4.78 is 9.28. The molecule has 0 bridgehead atoms. The van der Waals surface area contributed by atoms with Crippen LogP contribution in [0.2, 0.25) is 0 Å². The number of aromatic nitrogens is 6. The standard InChI is InChI=1S/C24H26N6O2/c31-24-29(15-16-7-10-32-11-8-16)21-13-18(20-12-17-6-9-25-22(17)28-27-20)14-26-23(21)30(24)19-4-2-1-3-5-19/h4,6,9,12-14,16H,1-3,5,7-8,10-11,15H2,(H,25,28). The minimum absolute atomic E-state index is 0.0106. The molecule has 0 radical (unpaired) electrons. The summed E-state index contributed by atoms with van der Waals surface area (Å²) in [5.74, 6) is 0.431. The number of nitrogens with one attached hydrogen (secondary N) is 1. The van der Waals surface area contributed by atoms with E-state index in [9.17, 15) is 4.79 Å². The second-order valence-electron chi connectivity index (χ2n) is 8.80. The summed E-state index contributed by atoms with van der Waals surface area (Å²) in [4.78, 5) is 21.5. The average Bonchev–Trinajstić information content (AvgIpc) is 3.42. The number of allylic oxidation sites excluding steroid dienone is 2. The fraction of sp³-hybridized carbons (Fsp3) is 0.417. The van der Waals surface area contributed by atoms with Crippen molar-refractivity contribution < 1.29 is 4.74 Å². The highest BCUT2D eigenvalue weighted by atomic mass is 16.5. The normalized spacial score (nSPS) is 17.8. The first-order chi connectivity index (χ1) is 15.8. The van der Waals surface area contributed by atoms with E-state index in [0.29, 0.717) is 12.5 Å². The molecule has 0 unspecified atom stereocenters. The van der Waals surface area contributed by atoms with Crippen LogP contribution in [-0.4, -0.2) is 42.5 Å². The second-order valence-corrected chi connectivity index (χ2v) is 8.80. The lowest BCUT2D eigenvalue weighted by atomic mass is 10.0. The van der Waals surface area contributed by atoms with Gasteiger partial charge in [0.2, 0.25) is 0 Å². The lowest BCUT2D eigenvalue weighted by Gasteiger charge is -2.22. The smallest absolute Gasteiger partial charge is 0.334 e. The molecule has 4 aromatic rings. The number of H-pyrrole nitrogens is 1. The molecule has 1 aliphatic heterocycles. The van der Waals surface area contributed by atoms with Crippen LogP contribution in [0.1, 0.15) is 38.5 Å². The Hall–Kier alpha value is -3.26. The molecule has 0 saturated carbocycles. The molecule has 0 spiro atoms. The van der Waals surface area contributed by atoms with Crippen molar-refractivity contribution in [1.82, 2.24) is 29.3 Å². The Morgan fingerprint density at radius 2 is 2.06 bits per heavy atom. The summed E-state index contributed by atoms with van der Waals surface area (Å²) in [5, 5.41) is 9.66. The van der Waals surface area contributed by atoms with E-state index in [1.807, 2.05) is 39.7 Å². The lowest BCUT2D eigenvalue weighted by molar-refractivity contribution is 0.0613. The maximum atomic E-state index is 13.6. The zero-order valence-electron chi connectivity index (χ0n) is 18.0. The maximum absolute atomic E-state index is 13.6. The summed E-state index contributed by atoms with van der Waals surface area (Å²) in [7, 11) is 0. The van der Waals surface area contributed by atoms with Crippen LogP contribution in [0.4, 0.5) is 0 Å². The van der Waals surface area contributed by atoms with Crippen LogP contribution in [0.3, 0.4) is 0 Å². The number of imidazole rings is 1. The fourth-order valence-electron chi connectivity index (χ4n) is 4.91. The first-order valence-electron chi connectivity index (χ1n) is 11.5. The van der Waals surface area contributed by atoms with Crippen molar-refractivity contribution in [3.63, 3.8) is 0 Å². The van der Waals surface area contributed by atoms with Gasteiger partial charge in [-0.05, 0) is 62.6 Å². The molecule has 0 amide bonds. The van der Waals surface area contributed by atoms with Gasteiger partial charge in [0.1, 0.15) is 0 Å². The van der Waals surface area contributed by atoms with Crippen LogP contribution < -0.4 is 5.69 Å². The predicted octanol–water partition coefficient (Wildman–Crippen LogP) is 3.98. The van der Waals surface area contributed by atoms with Gasteiger partial charge in [0.25, 0.3) is 0 Å². The number of fused-ring (bicyclic) bond motifs is 2. The van der Waals surface area contributed by atoms with Gasteiger partial charge in [0.15, 0.2) is 11.3 Å². The minimum atomic E-state index is 0.0106. The van der Waals surface area contributed by atoms with Gasteiger partial charge in [-0.1, -0.05) is 6.08 Å². The van der Waals surface area contributed by atoms with E-state index in [4.69, 9.17) is 9.72 Å². The Morgan fingerprint density at radius 1 is 1.16 bits per heavy atom. The molecular formula is C24H26N6O2. The summed E-state index contributed by atoms with van der Waals surface area (Å²) in [6.45, 7) is 2.21. The van der Waals surface area contributed by atoms with Crippen LogP contribution in [-0.2, 0) is 11.3 Å². The molecule has 2 aliphatic rings. The van der Waals surface area contributed by atoms with Crippen LogP contribution in [0.25, 0.3) is 39.2 Å². The van der Waals surface area contributed by atoms with Crippen molar-refractivity contribution >= 4 is 27.9 Å². The lowest BCUT2D eigenvalue weighted by Crippen LogP contribution is -2.29. The van der Waals surface area contributed by atoms with E-state index in [1.165, 1.54) is 6.42 Å². The zero-order chi connectivity index (χ0) is 21.5. The predicted molar refractivity (Wildman–Crippen MR) is 123 cm³/mol. The van der Waals surface area contributed by atoms with E-state index in [-0.39, 0.29) is 5.69 Å². The van der Waals surface area contributed by atoms with Crippen LogP contribution in [0.15, 0.2) is 41.5 Å². The summed E-state index contributed by atoms with van der Waals surface area (Å²) >= 11 is 0. The number of ether oxygens (including phenoxy) is 1. The highest BCUT2D eigenvalue weighted by Gasteiger charge is 2.23. The number of hydrogen-bond acceptors (Lipinski definition) is 5. The monoisotopic (exact) mass is 430 g/mol. The molecule has 1 saturated heterocycles. The molecule has 1 aliphatic carbocycles. The Bertz CT molecular complexity index is 1370. The second kappa shape index (κ2) is 8.02. The van der Waals surface area contributed by atoms with Gasteiger partial charge in [-0.25, -0.2) is 14.3 Å². The molecule has 1 N–H and O–H groups in total. The van der Waals surface area contributed by atoms with Gasteiger partial charge in [-0.3, -0.25) is 4.57 Å². The number of rotatable bonds is 4. The van der Waals surface area contributed by atoms with Crippen LogP contribution in [0.5, 0.6) is 0 Å². The van der Waals surface area contributed by atoms with E-state index in [1.54, 1.807) is 0 Å². The molecular weight excluding hydrogens is 404 g/mol. The minimum Gasteiger partial charge on any atom is -0.381 e. The molecule has 164 valence electrons. The highest BCUT2D eigenvalue weighted by Crippen LogP contribution is 2.28. The fourth-order valence-corrected chi connectivity index (χ4v) is 4.91. The van der Waals surface area contributed by atoms with Crippen molar-refractivity contribution in [3.05, 3.63) is 47.2 Å². The molecule has 1 fully saturated rings. The van der Waals surface area contributed by atoms with Crippen LogP contribution in [0, 0.1) is 5.92 Å². The third-order valence-electron chi connectivity index (χ3n) is 6.71. The Labute approximate surface area is 184 Å². The zero-order valence-corrected chi connectivity index (χ0v) is 18.0. The van der Waals surface area contributed by atoms with E-state index >= 15 is 0 Å². The third kappa shape index (κ3) is 3.35. The Balaban J connectivity index is 1.50. The summed E-state index contributed by atoms with van der Waals surface area (Å²) in [5.41, 5.74) is 5.05. The number of pyridine rings is 1. The number of hydrogen-bond donors (Lipinski definition) is 1. The van der Waals surface area contributed by atoms with E-state index < -0.39 is 0 Å². The molecule has 0 atom stereocenters. The van der Waals surface area contributed by atoms with Gasteiger partial charge >= 0.3 is 5.69 Å². The van der Waals surface area contributed by atoms with E-state index in [0.717, 1.165) is 84.5 Å². The van der Waals surface area contributed by atoms with Gasteiger partial charge in [0.05, 0.1) is 11.2 Å². The molecule has 6 rings (SSSR count). The van der Waals surface area contributed by atoms with Gasteiger partial charge in [-0.2, -0.15) is 0 Å². The van der Waals surface area contributed by atoms with Gasteiger partial charge < -0.3 is 9.72 Å². The van der Waals surface area contributed by atoms with Crippen molar-refractivity contribution in [2.24, 2.45) is 5.92 Å². The molecule has 8 nitrogen and oxygen atoms in total. The third-order valence-corrected chi connectivity index (χ3v) is 6.71. The Morgan fingerprint density at radius 3 is 2.91 bits per heavy atom. The SMILES string of the molecule is O=c1n(CC2CCOCC2)c2cc(-c3cc4cc[nH]c4nn3)cnc2n1C1=CCCCC1. The first kappa shape index (κ1) is 19.4. The maximum Gasteiger partial charge on any atom is 0.334 e. The van der Waals surface area contributed by atoms with Gasteiger partial charge in [-0.15, -0.1) is 10.2 Å².